The van der Waals surface area contributed by atoms with E-state index in [2.05, 4.69) is 4.98 Å². The molecule has 0 radical (unpaired) electrons. The number of aromatic amines is 1. The number of H-pyrrole nitrogens is 1. The van der Waals surface area contributed by atoms with E-state index in [1.54, 1.807) is 43.3 Å². The molecule has 1 fully saturated rings. The van der Waals surface area contributed by atoms with E-state index in [9.17, 15) is 14.7 Å². The zero-order chi connectivity index (χ0) is 25.8. The lowest BCUT2D eigenvalue weighted by Gasteiger charge is -2.22. The number of aromatic carboxylic acids is 1. The van der Waals surface area contributed by atoms with Crippen LogP contribution >= 0.6 is 0 Å². The van der Waals surface area contributed by atoms with Gasteiger partial charge >= 0.3 is 5.97 Å². The number of nitrogens with one attached hydrogen (secondary N) is 1. The Morgan fingerprint density at radius 2 is 1.76 bits per heavy atom. The Kier molecular flexibility index (Phi) is 7.23. The maximum atomic E-state index is 13.2. The fourth-order valence-electron chi connectivity index (χ4n) is 4.61. The molecule has 1 aromatic heterocycles. The first-order valence-corrected chi connectivity index (χ1v) is 12.4. The summed E-state index contributed by atoms with van der Waals surface area (Å²) in [5.74, 6) is 0.903. The molecule has 37 heavy (non-hydrogen) atoms. The van der Waals surface area contributed by atoms with E-state index in [0.717, 1.165) is 31.8 Å². The Labute approximate surface area is 214 Å². The van der Waals surface area contributed by atoms with Crippen LogP contribution in [0.4, 0.5) is 0 Å². The SMILES string of the molecule is Cc1c(COc2cccc(OCC3CCOCC3)c2)[nH]c2ccc(-c3ccccc3C(=O)O)cc2c1=O. The molecule has 0 aliphatic carbocycles. The van der Waals surface area contributed by atoms with E-state index < -0.39 is 5.97 Å². The summed E-state index contributed by atoms with van der Waals surface area (Å²) in [6, 6.07) is 19.7. The minimum atomic E-state index is -1.01. The molecule has 7 nitrogen and oxygen atoms in total. The lowest BCUT2D eigenvalue weighted by atomic mass is 9.97. The van der Waals surface area contributed by atoms with Crippen molar-refractivity contribution in [3.63, 3.8) is 0 Å². The van der Waals surface area contributed by atoms with E-state index in [-0.39, 0.29) is 17.6 Å². The fourth-order valence-corrected chi connectivity index (χ4v) is 4.61. The zero-order valence-corrected chi connectivity index (χ0v) is 20.7. The minimum absolute atomic E-state index is 0.115. The van der Waals surface area contributed by atoms with Gasteiger partial charge in [-0.2, -0.15) is 0 Å². The normalized spacial score (nSPS) is 14.0. The Morgan fingerprint density at radius 3 is 2.54 bits per heavy atom. The van der Waals surface area contributed by atoms with Crippen molar-refractivity contribution in [2.75, 3.05) is 19.8 Å². The molecular weight excluding hydrogens is 470 g/mol. The third-order valence-corrected chi connectivity index (χ3v) is 6.83. The summed E-state index contributed by atoms with van der Waals surface area (Å²) in [5, 5.41) is 10.0. The Hall–Kier alpha value is -4.10. The Balaban J connectivity index is 1.33. The van der Waals surface area contributed by atoms with Gasteiger partial charge < -0.3 is 24.3 Å². The van der Waals surface area contributed by atoms with Gasteiger partial charge in [0.25, 0.3) is 0 Å². The van der Waals surface area contributed by atoms with Crippen molar-refractivity contribution in [2.24, 2.45) is 5.92 Å². The Morgan fingerprint density at radius 1 is 1.00 bits per heavy atom. The number of ether oxygens (including phenoxy) is 3. The van der Waals surface area contributed by atoms with Crippen LogP contribution in [0, 0.1) is 12.8 Å². The highest BCUT2D eigenvalue weighted by molar-refractivity contribution is 5.97. The molecule has 3 aromatic carbocycles. The lowest BCUT2D eigenvalue weighted by molar-refractivity contribution is 0.0497. The van der Waals surface area contributed by atoms with Gasteiger partial charge in [-0.25, -0.2) is 4.79 Å². The van der Waals surface area contributed by atoms with E-state index in [4.69, 9.17) is 14.2 Å². The molecule has 0 unspecified atom stereocenters. The second-order valence-corrected chi connectivity index (χ2v) is 9.30. The third kappa shape index (κ3) is 5.52. The summed E-state index contributed by atoms with van der Waals surface area (Å²) >= 11 is 0. The average molecular weight is 500 g/mol. The van der Waals surface area contributed by atoms with Crippen LogP contribution in [0.25, 0.3) is 22.0 Å². The number of carboxylic acids is 1. The molecule has 1 saturated heterocycles. The van der Waals surface area contributed by atoms with Gasteiger partial charge in [0.15, 0.2) is 5.43 Å². The number of hydrogen-bond donors (Lipinski definition) is 2. The minimum Gasteiger partial charge on any atom is -0.493 e. The molecule has 0 saturated carbocycles. The van der Waals surface area contributed by atoms with Gasteiger partial charge in [0, 0.05) is 35.7 Å². The second-order valence-electron chi connectivity index (χ2n) is 9.30. The molecule has 2 N–H and O–H groups in total. The van der Waals surface area contributed by atoms with Crippen molar-refractivity contribution in [2.45, 2.75) is 26.4 Å². The third-order valence-electron chi connectivity index (χ3n) is 6.83. The zero-order valence-electron chi connectivity index (χ0n) is 20.7. The van der Waals surface area contributed by atoms with Gasteiger partial charge in [-0.05, 0) is 67.1 Å². The highest BCUT2D eigenvalue weighted by atomic mass is 16.5. The first-order valence-electron chi connectivity index (χ1n) is 12.4. The maximum absolute atomic E-state index is 13.2. The average Bonchev–Trinajstić information content (AvgIpc) is 2.93. The smallest absolute Gasteiger partial charge is 0.336 e. The molecular formula is C30H29NO6. The topological polar surface area (TPSA) is 97.8 Å². The van der Waals surface area contributed by atoms with Crippen LogP contribution in [0.2, 0.25) is 0 Å². The molecule has 5 rings (SSSR count). The number of carbonyl (C=O) groups is 1. The summed E-state index contributed by atoms with van der Waals surface area (Å²) in [4.78, 5) is 28.2. The fraction of sp³-hybridized carbons (Fsp3) is 0.267. The second kappa shape index (κ2) is 10.9. The van der Waals surface area contributed by atoms with Crippen molar-refractivity contribution in [3.05, 3.63) is 93.8 Å². The van der Waals surface area contributed by atoms with Gasteiger partial charge in [-0.15, -0.1) is 0 Å². The first kappa shape index (κ1) is 24.6. The van der Waals surface area contributed by atoms with E-state index in [0.29, 0.717) is 51.6 Å². The predicted octanol–water partition coefficient (Wildman–Crippen LogP) is 5.59. The molecule has 1 aliphatic rings. The van der Waals surface area contributed by atoms with E-state index >= 15 is 0 Å². The summed E-state index contributed by atoms with van der Waals surface area (Å²) in [6.07, 6.45) is 2.02. The summed E-state index contributed by atoms with van der Waals surface area (Å²) in [6.45, 7) is 4.20. The summed E-state index contributed by atoms with van der Waals surface area (Å²) in [7, 11) is 0. The lowest BCUT2D eigenvalue weighted by Crippen LogP contribution is -2.21. The highest BCUT2D eigenvalue weighted by Gasteiger charge is 2.16. The maximum Gasteiger partial charge on any atom is 0.336 e. The van der Waals surface area contributed by atoms with Crippen molar-refractivity contribution in [1.29, 1.82) is 0 Å². The quantitative estimate of drug-likeness (QED) is 0.328. The molecule has 1 aliphatic heterocycles. The molecule has 190 valence electrons. The van der Waals surface area contributed by atoms with E-state index in [1.807, 2.05) is 30.3 Å². The van der Waals surface area contributed by atoms with Crippen LogP contribution in [0.5, 0.6) is 11.5 Å². The molecule has 0 amide bonds. The molecule has 0 spiro atoms. The van der Waals surface area contributed by atoms with Gasteiger partial charge in [0.1, 0.15) is 18.1 Å². The van der Waals surface area contributed by atoms with Gasteiger partial charge in [0.05, 0.1) is 17.9 Å². The largest absolute Gasteiger partial charge is 0.493 e. The number of fused-ring (bicyclic) bond motifs is 1. The molecule has 0 atom stereocenters. The summed E-state index contributed by atoms with van der Waals surface area (Å²) < 4.78 is 17.4. The van der Waals surface area contributed by atoms with Crippen LogP contribution in [0.1, 0.15) is 34.5 Å². The summed E-state index contributed by atoms with van der Waals surface area (Å²) in [5.41, 5.74) is 3.24. The van der Waals surface area contributed by atoms with Gasteiger partial charge in [0.2, 0.25) is 0 Å². The van der Waals surface area contributed by atoms with Crippen molar-refractivity contribution in [3.8, 4) is 22.6 Å². The first-order chi connectivity index (χ1) is 18.0. The van der Waals surface area contributed by atoms with Crippen molar-refractivity contribution < 1.29 is 24.1 Å². The monoisotopic (exact) mass is 499 g/mol. The number of benzene rings is 3. The van der Waals surface area contributed by atoms with Crippen molar-refractivity contribution >= 4 is 16.9 Å². The van der Waals surface area contributed by atoms with Gasteiger partial charge in [-0.3, -0.25) is 4.79 Å². The molecule has 2 heterocycles. The van der Waals surface area contributed by atoms with Crippen LogP contribution in [-0.2, 0) is 11.3 Å². The van der Waals surface area contributed by atoms with Crippen LogP contribution in [0.15, 0.2) is 71.5 Å². The number of carboxylic acid groups (broad SMARTS) is 1. The van der Waals surface area contributed by atoms with Crippen LogP contribution in [-0.4, -0.2) is 35.9 Å². The van der Waals surface area contributed by atoms with Crippen LogP contribution < -0.4 is 14.9 Å². The van der Waals surface area contributed by atoms with E-state index in [1.165, 1.54) is 0 Å². The highest BCUT2D eigenvalue weighted by Crippen LogP contribution is 2.27. The number of pyridine rings is 1. The molecule has 0 bridgehead atoms. The number of rotatable bonds is 8. The van der Waals surface area contributed by atoms with Crippen molar-refractivity contribution in [1.82, 2.24) is 4.98 Å². The number of aromatic nitrogens is 1. The van der Waals surface area contributed by atoms with Crippen LogP contribution in [0.3, 0.4) is 0 Å². The standard InChI is InChI=1S/C30H29NO6/c1-19-28(18-37-23-6-4-5-22(16-23)36-17-20-11-13-35-14-12-20)31-27-10-9-21(15-26(27)29(19)32)24-7-2-3-8-25(24)30(33)34/h2-10,15-16,20H,11-14,17-18H2,1H3,(H,31,32)(H,33,34). The molecule has 7 heteroatoms. The number of hydrogen-bond acceptors (Lipinski definition) is 5. The van der Waals surface area contributed by atoms with Gasteiger partial charge in [-0.1, -0.05) is 30.3 Å². The molecule has 4 aromatic rings. The Bertz CT molecular complexity index is 1490. The predicted molar refractivity (Wildman–Crippen MR) is 142 cm³/mol.